The monoisotopic (exact) mass is 322 g/mol. The summed E-state index contributed by atoms with van der Waals surface area (Å²) in [4.78, 5) is 11.6. The molecule has 19 heavy (non-hydrogen) atoms. The third-order valence-electron chi connectivity index (χ3n) is 3.27. The maximum absolute atomic E-state index is 11.6. The van der Waals surface area contributed by atoms with Gasteiger partial charge in [0.1, 0.15) is 0 Å². The number of hydrogen-bond acceptors (Lipinski definition) is 1. The molecule has 0 spiro atoms. The normalized spacial score (nSPS) is 14.9. The molecular weight excluding hydrogens is 304 g/mol. The molecule has 0 aromatic heterocycles. The van der Waals surface area contributed by atoms with Crippen LogP contribution in [0.25, 0.3) is 0 Å². The number of benzene rings is 1. The summed E-state index contributed by atoms with van der Waals surface area (Å²) in [7, 11) is 0. The lowest BCUT2D eigenvalue weighted by Gasteiger charge is -2.13. The summed E-state index contributed by atoms with van der Waals surface area (Å²) >= 11 is 3.39. The van der Waals surface area contributed by atoms with E-state index in [-0.39, 0.29) is 6.03 Å². The molecule has 1 aromatic rings. The molecule has 2 N–H and O–H groups in total. The highest BCUT2D eigenvalue weighted by Gasteiger charge is 2.05. The molecule has 0 heterocycles. The second-order valence-electron chi connectivity index (χ2n) is 4.82. The van der Waals surface area contributed by atoms with Crippen LogP contribution >= 0.6 is 15.9 Å². The molecule has 1 saturated carbocycles. The van der Waals surface area contributed by atoms with Gasteiger partial charge < -0.3 is 10.6 Å². The van der Waals surface area contributed by atoms with Gasteiger partial charge in [-0.2, -0.15) is 0 Å². The predicted molar refractivity (Wildman–Crippen MR) is 80.7 cm³/mol. The van der Waals surface area contributed by atoms with E-state index in [1.54, 1.807) is 0 Å². The minimum Gasteiger partial charge on any atom is -0.334 e. The molecule has 2 amide bonds. The smallest absolute Gasteiger partial charge is 0.319 e. The van der Waals surface area contributed by atoms with E-state index < -0.39 is 0 Å². The summed E-state index contributed by atoms with van der Waals surface area (Å²) in [5.41, 5.74) is 2.44. The average Bonchev–Trinajstić information content (AvgIpc) is 2.45. The number of carbonyl (C=O) groups excluding carboxylic acids is 1. The second kappa shape index (κ2) is 7.34. The molecule has 1 fully saturated rings. The molecule has 4 heteroatoms. The quantitative estimate of drug-likeness (QED) is 0.864. The molecule has 0 saturated heterocycles. The van der Waals surface area contributed by atoms with Gasteiger partial charge in [0.15, 0.2) is 0 Å². The van der Waals surface area contributed by atoms with Crippen molar-refractivity contribution in [3.8, 4) is 0 Å². The number of hydrogen-bond donors (Lipinski definition) is 2. The maximum atomic E-state index is 11.6. The van der Waals surface area contributed by atoms with E-state index >= 15 is 0 Å². The number of rotatable bonds is 3. The van der Waals surface area contributed by atoms with Gasteiger partial charge in [-0.25, -0.2) is 4.79 Å². The van der Waals surface area contributed by atoms with E-state index in [4.69, 9.17) is 0 Å². The van der Waals surface area contributed by atoms with Crippen LogP contribution in [-0.4, -0.2) is 6.03 Å². The molecule has 2 rings (SSSR count). The second-order valence-corrected chi connectivity index (χ2v) is 5.73. The van der Waals surface area contributed by atoms with Crippen molar-refractivity contribution in [1.82, 2.24) is 10.6 Å². The van der Waals surface area contributed by atoms with Gasteiger partial charge in [0, 0.05) is 17.2 Å². The van der Waals surface area contributed by atoms with Crippen molar-refractivity contribution >= 4 is 22.0 Å². The van der Waals surface area contributed by atoms with Gasteiger partial charge in [-0.05, 0) is 43.4 Å². The summed E-state index contributed by atoms with van der Waals surface area (Å²) in [6.07, 6.45) is 7.91. The minimum absolute atomic E-state index is 0.138. The Balaban J connectivity index is 1.73. The maximum Gasteiger partial charge on any atom is 0.319 e. The summed E-state index contributed by atoms with van der Waals surface area (Å²) < 4.78 is 1.04. The molecule has 0 radical (unpaired) electrons. The first kappa shape index (κ1) is 14.1. The van der Waals surface area contributed by atoms with Gasteiger partial charge in [0.05, 0.1) is 0 Å². The van der Waals surface area contributed by atoms with Gasteiger partial charge in [0.2, 0.25) is 0 Å². The molecule has 102 valence electrons. The van der Waals surface area contributed by atoms with E-state index in [2.05, 4.69) is 26.6 Å². The van der Waals surface area contributed by atoms with Crippen LogP contribution in [0, 0.1) is 0 Å². The van der Waals surface area contributed by atoms with Crippen molar-refractivity contribution < 1.29 is 4.79 Å². The van der Waals surface area contributed by atoms with Crippen LogP contribution in [0.1, 0.15) is 37.7 Å². The number of allylic oxidation sites excluding steroid dienone is 1. The summed E-state index contributed by atoms with van der Waals surface area (Å²) in [6, 6.07) is 7.78. The van der Waals surface area contributed by atoms with E-state index in [1.807, 2.05) is 30.5 Å². The highest BCUT2D eigenvalue weighted by atomic mass is 79.9. The van der Waals surface area contributed by atoms with Crippen molar-refractivity contribution in [2.75, 3.05) is 0 Å². The van der Waals surface area contributed by atoms with E-state index in [0.717, 1.165) is 22.9 Å². The fraction of sp³-hybridized carbons (Fsp3) is 0.400. The average molecular weight is 323 g/mol. The standard InChI is InChI=1S/C15H19BrN2O/c16-14-8-6-13(7-9-14)11-18-15(19)17-10-12-4-2-1-3-5-12/h6-10H,1-5,11H2,(H2,17,18,19). The van der Waals surface area contributed by atoms with Crippen molar-refractivity contribution in [2.45, 2.75) is 38.6 Å². The lowest BCUT2D eigenvalue weighted by Crippen LogP contribution is -2.32. The summed E-state index contributed by atoms with van der Waals surface area (Å²) in [5, 5.41) is 5.66. The zero-order valence-electron chi connectivity index (χ0n) is 10.9. The van der Waals surface area contributed by atoms with Crippen molar-refractivity contribution in [2.24, 2.45) is 0 Å². The Hall–Kier alpha value is -1.29. The van der Waals surface area contributed by atoms with Crippen molar-refractivity contribution in [3.63, 3.8) is 0 Å². The lowest BCUT2D eigenvalue weighted by atomic mass is 9.96. The number of amides is 2. The van der Waals surface area contributed by atoms with Crippen molar-refractivity contribution in [1.29, 1.82) is 0 Å². The van der Waals surface area contributed by atoms with Gasteiger partial charge in [-0.3, -0.25) is 0 Å². The molecule has 1 aromatic carbocycles. The zero-order valence-corrected chi connectivity index (χ0v) is 12.5. The van der Waals surface area contributed by atoms with Crippen molar-refractivity contribution in [3.05, 3.63) is 46.1 Å². The Morgan fingerprint density at radius 3 is 2.53 bits per heavy atom. The zero-order chi connectivity index (χ0) is 13.5. The van der Waals surface area contributed by atoms with Gasteiger partial charge in [-0.15, -0.1) is 0 Å². The van der Waals surface area contributed by atoms with Crippen LogP contribution in [0.4, 0.5) is 4.79 Å². The first-order valence-electron chi connectivity index (χ1n) is 6.71. The Morgan fingerprint density at radius 2 is 1.84 bits per heavy atom. The highest BCUT2D eigenvalue weighted by molar-refractivity contribution is 9.10. The number of halogens is 1. The minimum atomic E-state index is -0.138. The highest BCUT2D eigenvalue weighted by Crippen LogP contribution is 2.21. The first-order chi connectivity index (χ1) is 9.24. The Bertz CT molecular complexity index is 446. The number of nitrogens with one attached hydrogen (secondary N) is 2. The largest absolute Gasteiger partial charge is 0.334 e. The Labute approximate surface area is 122 Å². The van der Waals surface area contributed by atoms with E-state index in [0.29, 0.717) is 6.54 Å². The third-order valence-corrected chi connectivity index (χ3v) is 3.80. The first-order valence-corrected chi connectivity index (χ1v) is 7.50. The summed E-state index contributed by atoms with van der Waals surface area (Å²) in [6.45, 7) is 0.544. The lowest BCUT2D eigenvalue weighted by molar-refractivity contribution is 0.243. The molecule has 1 aliphatic carbocycles. The molecule has 0 atom stereocenters. The summed E-state index contributed by atoms with van der Waals surface area (Å²) in [5.74, 6) is 0. The van der Waals surface area contributed by atoms with Gasteiger partial charge >= 0.3 is 6.03 Å². The number of urea groups is 1. The third kappa shape index (κ3) is 5.07. The fourth-order valence-electron chi connectivity index (χ4n) is 2.15. The topological polar surface area (TPSA) is 41.1 Å². The van der Waals surface area contributed by atoms with Crippen LogP contribution < -0.4 is 10.6 Å². The van der Waals surface area contributed by atoms with Gasteiger partial charge in [0.25, 0.3) is 0 Å². The SMILES string of the molecule is O=C(NC=C1CCCCC1)NCc1ccc(Br)cc1. The van der Waals surface area contributed by atoms with Crippen LogP contribution in [0.3, 0.4) is 0 Å². The molecule has 3 nitrogen and oxygen atoms in total. The molecule has 1 aliphatic rings. The number of carbonyl (C=O) groups is 1. The van der Waals surface area contributed by atoms with E-state index in [9.17, 15) is 4.79 Å². The predicted octanol–water partition coefficient (Wildman–Crippen LogP) is 4.10. The molecule has 0 bridgehead atoms. The molecule has 0 unspecified atom stereocenters. The van der Waals surface area contributed by atoms with E-state index in [1.165, 1.54) is 24.8 Å². The van der Waals surface area contributed by atoms with Crippen LogP contribution in [0.2, 0.25) is 0 Å². The molecule has 0 aliphatic heterocycles. The van der Waals surface area contributed by atoms with Crippen LogP contribution in [0.15, 0.2) is 40.5 Å². The molecular formula is C15H19BrN2O. The Morgan fingerprint density at radius 1 is 1.16 bits per heavy atom. The van der Waals surface area contributed by atoms with Crippen LogP contribution in [0.5, 0.6) is 0 Å². The fourth-order valence-corrected chi connectivity index (χ4v) is 2.42. The Kier molecular flexibility index (Phi) is 5.45. The van der Waals surface area contributed by atoms with Crippen LogP contribution in [-0.2, 0) is 6.54 Å². The van der Waals surface area contributed by atoms with Gasteiger partial charge in [-0.1, -0.05) is 40.1 Å².